The first kappa shape index (κ1) is 22.9. The summed E-state index contributed by atoms with van der Waals surface area (Å²) in [6.07, 6.45) is -1.22. The molecule has 2 unspecified atom stereocenters. The summed E-state index contributed by atoms with van der Waals surface area (Å²) in [4.78, 5) is 36.3. The van der Waals surface area contributed by atoms with E-state index in [4.69, 9.17) is 9.47 Å². The molecule has 0 aliphatic heterocycles. The van der Waals surface area contributed by atoms with Gasteiger partial charge in [-0.25, -0.2) is 9.59 Å². The SMILES string of the molecule is C=CC(=O)C(Oc1cccc2c1Cc1ccccc1-2)C(O)COC(=O)c1ccccc1C(=O)O. The summed E-state index contributed by atoms with van der Waals surface area (Å²) in [7, 11) is 0. The van der Waals surface area contributed by atoms with Crippen LogP contribution in [0.2, 0.25) is 0 Å². The van der Waals surface area contributed by atoms with Crippen molar-refractivity contribution in [3.63, 3.8) is 0 Å². The van der Waals surface area contributed by atoms with E-state index in [1.54, 1.807) is 12.1 Å². The number of carbonyl (C=O) groups is 3. The number of fused-ring (bicyclic) bond motifs is 3. The van der Waals surface area contributed by atoms with Gasteiger partial charge >= 0.3 is 11.9 Å². The van der Waals surface area contributed by atoms with E-state index in [-0.39, 0.29) is 11.1 Å². The molecule has 1 aliphatic rings. The Labute approximate surface area is 195 Å². The van der Waals surface area contributed by atoms with Gasteiger partial charge in [-0.1, -0.05) is 55.1 Å². The number of aliphatic hydroxyl groups is 1. The van der Waals surface area contributed by atoms with Crippen LogP contribution in [0.1, 0.15) is 31.8 Å². The number of carboxylic acid groups (broad SMARTS) is 1. The fourth-order valence-corrected chi connectivity index (χ4v) is 3.99. The summed E-state index contributed by atoms with van der Waals surface area (Å²) >= 11 is 0. The highest BCUT2D eigenvalue weighted by molar-refractivity contribution is 6.02. The second-order valence-corrected chi connectivity index (χ2v) is 7.78. The van der Waals surface area contributed by atoms with Gasteiger partial charge in [0.2, 0.25) is 0 Å². The minimum absolute atomic E-state index is 0.159. The highest BCUT2D eigenvalue weighted by atomic mass is 16.6. The Bertz CT molecular complexity index is 1280. The second-order valence-electron chi connectivity index (χ2n) is 7.78. The number of ether oxygens (including phenoxy) is 2. The van der Waals surface area contributed by atoms with E-state index in [9.17, 15) is 24.6 Å². The molecule has 0 heterocycles. The Morgan fingerprint density at radius 3 is 2.35 bits per heavy atom. The highest BCUT2D eigenvalue weighted by Crippen LogP contribution is 2.41. The van der Waals surface area contributed by atoms with Crippen molar-refractivity contribution in [3.8, 4) is 16.9 Å². The van der Waals surface area contributed by atoms with Gasteiger partial charge in [0.15, 0.2) is 11.9 Å². The van der Waals surface area contributed by atoms with Gasteiger partial charge in [0.05, 0.1) is 11.1 Å². The van der Waals surface area contributed by atoms with E-state index in [1.165, 1.54) is 24.3 Å². The number of carboxylic acids is 1. The Morgan fingerprint density at radius 1 is 0.941 bits per heavy atom. The zero-order valence-electron chi connectivity index (χ0n) is 18.1. The van der Waals surface area contributed by atoms with Crippen LogP contribution >= 0.6 is 0 Å². The van der Waals surface area contributed by atoms with Gasteiger partial charge in [0, 0.05) is 12.0 Å². The molecule has 3 aromatic carbocycles. The zero-order chi connectivity index (χ0) is 24.2. The van der Waals surface area contributed by atoms with Gasteiger partial charge in [-0.3, -0.25) is 4.79 Å². The average molecular weight is 458 g/mol. The number of aliphatic hydroxyl groups excluding tert-OH is 1. The van der Waals surface area contributed by atoms with Crippen LogP contribution in [0.15, 0.2) is 79.4 Å². The molecule has 0 aromatic heterocycles. The molecule has 0 saturated carbocycles. The lowest BCUT2D eigenvalue weighted by Crippen LogP contribution is -2.41. The standard InChI is InChI=1S/C27H22O7/c1-2-22(28)25(23(29)15-33-27(32)20-11-6-5-10-19(20)26(30)31)34-24-13-7-12-18-17-9-4-3-8-16(17)14-21(18)24/h2-13,23,25,29H,1,14-15H2,(H,30,31). The minimum Gasteiger partial charge on any atom is -0.479 e. The highest BCUT2D eigenvalue weighted by Gasteiger charge is 2.31. The number of esters is 1. The van der Waals surface area contributed by atoms with E-state index in [0.29, 0.717) is 12.2 Å². The van der Waals surface area contributed by atoms with Crippen LogP contribution in [0.25, 0.3) is 11.1 Å². The first-order chi connectivity index (χ1) is 16.4. The summed E-state index contributed by atoms with van der Waals surface area (Å²) in [5.41, 5.74) is 3.71. The predicted octanol–water partition coefficient (Wildman–Crippen LogP) is 3.68. The van der Waals surface area contributed by atoms with E-state index >= 15 is 0 Å². The third kappa shape index (κ3) is 4.46. The van der Waals surface area contributed by atoms with Crippen LogP contribution in [0.5, 0.6) is 5.75 Å². The monoisotopic (exact) mass is 458 g/mol. The molecule has 0 amide bonds. The van der Waals surface area contributed by atoms with Crippen molar-refractivity contribution in [1.29, 1.82) is 0 Å². The second kappa shape index (κ2) is 9.72. The van der Waals surface area contributed by atoms with E-state index < -0.39 is 36.5 Å². The largest absolute Gasteiger partial charge is 0.479 e. The third-order valence-electron chi connectivity index (χ3n) is 5.66. The summed E-state index contributed by atoms with van der Waals surface area (Å²) in [5, 5.41) is 19.9. The fraction of sp³-hybridized carbons (Fsp3) is 0.148. The van der Waals surface area contributed by atoms with Crippen molar-refractivity contribution < 1.29 is 34.1 Å². The topological polar surface area (TPSA) is 110 Å². The maximum atomic E-state index is 12.5. The Hall–Kier alpha value is -4.23. The molecule has 0 bridgehead atoms. The number of hydrogen-bond acceptors (Lipinski definition) is 6. The number of ketones is 1. The van der Waals surface area contributed by atoms with Crippen molar-refractivity contribution in [2.45, 2.75) is 18.6 Å². The predicted molar refractivity (Wildman–Crippen MR) is 124 cm³/mol. The lowest BCUT2D eigenvalue weighted by molar-refractivity contribution is -0.127. The van der Waals surface area contributed by atoms with Crippen molar-refractivity contribution >= 4 is 17.7 Å². The lowest BCUT2D eigenvalue weighted by Gasteiger charge is -2.23. The summed E-state index contributed by atoms with van der Waals surface area (Å²) in [6.45, 7) is 2.89. The molecular weight excluding hydrogens is 436 g/mol. The molecular formula is C27H22O7. The van der Waals surface area contributed by atoms with Crippen LogP contribution < -0.4 is 4.74 Å². The molecule has 0 spiro atoms. The molecule has 3 aromatic rings. The first-order valence-corrected chi connectivity index (χ1v) is 10.6. The van der Waals surface area contributed by atoms with Gasteiger partial charge in [0.1, 0.15) is 18.5 Å². The van der Waals surface area contributed by atoms with Crippen LogP contribution in [-0.4, -0.2) is 46.7 Å². The third-order valence-corrected chi connectivity index (χ3v) is 5.66. The van der Waals surface area contributed by atoms with Gasteiger partial charge in [0.25, 0.3) is 0 Å². The molecule has 34 heavy (non-hydrogen) atoms. The Morgan fingerprint density at radius 2 is 1.62 bits per heavy atom. The molecule has 7 nitrogen and oxygen atoms in total. The van der Waals surface area contributed by atoms with Crippen LogP contribution in [0, 0.1) is 0 Å². The minimum atomic E-state index is -1.51. The first-order valence-electron chi connectivity index (χ1n) is 10.6. The molecule has 0 radical (unpaired) electrons. The number of aromatic carboxylic acids is 1. The number of hydrogen-bond donors (Lipinski definition) is 2. The van der Waals surface area contributed by atoms with Crippen molar-refractivity contribution in [1.82, 2.24) is 0 Å². The molecule has 2 N–H and O–H groups in total. The van der Waals surface area contributed by atoms with Crippen LogP contribution in [0.4, 0.5) is 0 Å². The van der Waals surface area contributed by atoms with Crippen LogP contribution in [-0.2, 0) is 16.0 Å². The normalized spacial score (nSPS) is 13.2. The molecule has 1 aliphatic carbocycles. The fourth-order valence-electron chi connectivity index (χ4n) is 3.99. The average Bonchev–Trinajstić information content (AvgIpc) is 3.24. The molecule has 7 heteroatoms. The summed E-state index contributed by atoms with van der Waals surface area (Å²) in [6, 6.07) is 19.0. The number of carbonyl (C=O) groups excluding carboxylic acids is 2. The maximum absolute atomic E-state index is 12.5. The van der Waals surface area contributed by atoms with Crippen molar-refractivity contribution in [2.24, 2.45) is 0 Å². The van der Waals surface area contributed by atoms with Crippen molar-refractivity contribution in [2.75, 3.05) is 6.61 Å². The molecule has 2 atom stereocenters. The molecule has 0 saturated heterocycles. The van der Waals surface area contributed by atoms with Gasteiger partial charge in [-0.2, -0.15) is 0 Å². The Balaban J connectivity index is 1.52. The van der Waals surface area contributed by atoms with Gasteiger partial charge in [-0.15, -0.1) is 0 Å². The molecule has 172 valence electrons. The van der Waals surface area contributed by atoms with E-state index in [0.717, 1.165) is 28.3 Å². The van der Waals surface area contributed by atoms with Crippen molar-refractivity contribution in [3.05, 3.63) is 102 Å². The number of benzene rings is 3. The quantitative estimate of drug-likeness (QED) is 0.291. The summed E-state index contributed by atoms with van der Waals surface area (Å²) in [5.74, 6) is -2.36. The van der Waals surface area contributed by atoms with Crippen LogP contribution in [0.3, 0.4) is 0 Å². The van der Waals surface area contributed by atoms with E-state index in [2.05, 4.69) is 6.58 Å². The summed E-state index contributed by atoms with van der Waals surface area (Å²) < 4.78 is 11.1. The zero-order valence-corrected chi connectivity index (χ0v) is 18.1. The Kier molecular flexibility index (Phi) is 6.56. The number of rotatable bonds is 9. The maximum Gasteiger partial charge on any atom is 0.339 e. The van der Waals surface area contributed by atoms with E-state index in [1.807, 2.05) is 30.3 Å². The lowest BCUT2D eigenvalue weighted by atomic mass is 10.1. The van der Waals surface area contributed by atoms with Gasteiger partial charge < -0.3 is 19.7 Å². The van der Waals surface area contributed by atoms with Gasteiger partial charge in [-0.05, 0) is 41.0 Å². The molecule has 0 fully saturated rings. The smallest absolute Gasteiger partial charge is 0.339 e. The molecule has 4 rings (SSSR count).